The first kappa shape index (κ1) is 8.49. The number of H-pyrrole nitrogens is 2. The molecule has 0 saturated carbocycles. The van der Waals surface area contributed by atoms with Crippen LogP contribution in [-0.2, 0) is 0 Å². The van der Waals surface area contributed by atoms with Gasteiger partial charge in [-0.1, -0.05) is 0 Å². The molecule has 2 heterocycles. The predicted molar refractivity (Wildman–Crippen MR) is 49.9 cm³/mol. The van der Waals surface area contributed by atoms with Gasteiger partial charge in [0.25, 0.3) is 5.91 Å². The van der Waals surface area contributed by atoms with Crippen molar-refractivity contribution in [3.05, 3.63) is 29.7 Å². The zero-order chi connectivity index (χ0) is 9.97. The van der Waals surface area contributed by atoms with Crippen molar-refractivity contribution in [2.45, 2.75) is 6.92 Å². The van der Waals surface area contributed by atoms with Crippen LogP contribution in [-0.4, -0.2) is 26.3 Å². The monoisotopic (exact) mass is 191 g/mol. The first-order valence-electron chi connectivity index (χ1n) is 4.08. The molecule has 3 N–H and O–H groups in total. The molecule has 0 aliphatic carbocycles. The number of nitrogens with zero attached hydrogens (tertiary/aromatic N) is 2. The van der Waals surface area contributed by atoms with Crippen molar-refractivity contribution in [2.24, 2.45) is 0 Å². The second kappa shape index (κ2) is 3.33. The van der Waals surface area contributed by atoms with Gasteiger partial charge >= 0.3 is 0 Å². The van der Waals surface area contributed by atoms with Crippen LogP contribution in [0, 0.1) is 6.92 Å². The molecule has 2 aromatic rings. The van der Waals surface area contributed by atoms with Crippen LogP contribution in [0.15, 0.2) is 18.5 Å². The molecule has 0 aliphatic rings. The van der Waals surface area contributed by atoms with E-state index in [0.717, 1.165) is 5.56 Å². The highest BCUT2D eigenvalue weighted by molar-refractivity contribution is 6.02. The van der Waals surface area contributed by atoms with Gasteiger partial charge in [-0.15, -0.1) is 0 Å². The van der Waals surface area contributed by atoms with Crippen LogP contribution in [0.2, 0.25) is 0 Å². The highest BCUT2D eigenvalue weighted by Crippen LogP contribution is 2.09. The largest absolute Gasteiger partial charge is 0.305 e. The molecule has 1 amide bonds. The smallest absolute Gasteiger partial charge is 0.274 e. The minimum absolute atomic E-state index is 0.241. The maximum Gasteiger partial charge on any atom is 0.274 e. The summed E-state index contributed by atoms with van der Waals surface area (Å²) in [6.07, 6.45) is 3.16. The maximum absolute atomic E-state index is 11.5. The molecule has 0 saturated heterocycles. The van der Waals surface area contributed by atoms with E-state index in [-0.39, 0.29) is 5.91 Å². The SMILES string of the molecule is Cc1cn[nH]c1NC(=O)c1ccn[nH]1. The number of nitrogens with one attached hydrogen (secondary N) is 3. The van der Waals surface area contributed by atoms with Crippen LogP contribution in [0.25, 0.3) is 0 Å². The molecule has 0 aromatic carbocycles. The average molecular weight is 191 g/mol. The molecule has 6 nitrogen and oxygen atoms in total. The van der Waals surface area contributed by atoms with Crippen molar-refractivity contribution in [1.82, 2.24) is 20.4 Å². The van der Waals surface area contributed by atoms with E-state index in [0.29, 0.717) is 11.5 Å². The number of anilines is 1. The van der Waals surface area contributed by atoms with Gasteiger partial charge in [0.1, 0.15) is 11.5 Å². The van der Waals surface area contributed by atoms with E-state index in [2.05, 4.69) is 25.7 Å². The standard InChI is InChI=1S/C8H9N5O/c1-5-4-10-13-7(5)11-8(14)6-2-3-9-12-6/h2-4H,1H3,(H,9,12)(H2,10,11,13,14). The first-order valence-corrected chi connectivity index (χ1v) is 4.08. The summed E-state index contributed by atoms with van der Waals surface area (Å²) in [5, 5.41) is 15.4. The van der Waals surface area contributed by atoms with E-state index in [4.69, 9.17) is 0 Å². The fraction of sp³-hybridized carbons (Fsp3) is 0.125. The zero-order valence-corrected chi connectivity index (χ0v) is 7.53. The third-order valence-electron chi connectivity index (χ3n) is 1.81. The van der Waals surface area contributed by atoms with Crippen LogP contribution in [0.1, 0.15) is 16.1 Å². The van der Waals surface area contributed by atoms with Gasteiger partial charge in [-0.3, -0.25) is 15.0 Å². The van der Waals surface area contributed by atoms with Crippen LogP contribution >= 0.6 is 0 Å². The highest BCUT2D eigenvalue weighted by atomic mass is 16.2. The molecule has 14 heavy (non-hydrogen) atoms. The minimum atomic E-state index is -0.241. The van der Waals surface area contributed by atoms with Crippen molar-refractivity contribution < 1.29 is 4.79 Å². The number of aromatic nitrogens is 4. The van der Waals surface area contributed by atoms with Gasteiger partial charge in [0.2, 0.25) is 0 Å². The molecule has 0 unspecified atom stereocenters. The third kappa shape index (κ3) is 1.49. The number of hydrogen-bond acceptors (Lipinski definition) is 3. The van der Waals surface area contributed by atoms with Crippen molar-refractivity contribution in [3.8, 4) is 0 Å². The number of rotatable bonds is 2. The summed E-state index contributed by atoms with van der Waals surface area (Å²) >= 11 is 0. The fourth-order valence-electron chi connectivity index (χ4n) is 1.04. The number of carbonyl (C=O) groups is 1. The van der Waals surface area contributed by atoms with E-state index in [1.165, 1.54) is 6.20 Å². The molecule has 0 bridgehead atoms. The molecule has 6 heteroatoms. The average Bonchev–Trinajstić information content (AvgIpc) is 2.77. The Morgan fingerprint density at radius 3 is 2.86 bits per heavy atom. The van der Waals surface area contributed by atoms with E-state index in [9.17, 15) is 4.79 Å². The molecule has 0 radical (unpaired) electrons. The second-order valence-electron chi connectivity index (χ2n) is 2.85. The number of hydrogen-bond donors (Lipinski definition) is 3. The number of aromatic amines is 2. The highest BCUT2D eigenvalue weighted by Gasteiger charge is 2.09. The fourth-order valence-corrected chi connectivity index (χ4v) is 1.04. The Hall–Kier alpha value is -2.11. The summed E-state index contributed by atoms with van der Waals surface area (Å²) < 4.78 is 0. The van der Waals surface area contributed by atoms with Crippen LogP contribution in [0.5, 0.6) is 0 Å². The Morgan fingerprint density at radius 1 is 1.43 bits per heavy atom. The number of amides is 1. The van der Waals surface area contributed by atoms with Crippen molar-refractivity contribution in [2.75, 3.05) is 5.32 Å². The van der Waals surface area contributed by atoms with Crippen molar-refractivity contribution in [1.29, 1.82) is 0 Å². The first-order chi connectivity index (χ1) is 6.77. The van der Waals surface area contributed by atoms with Gasteiger partial charge in [0.15, 0.2) is 0 Å². The van der Waals surface area contributed by atoms with E-state index in [1.54, 1.807) is 12.3 Å². The molecular weight excluding hydrogens is 182 g/mol. The summed E-state index contributed by atoms with van der Waals surface area (Å²) in [4.78, 5) is 11.5. The van der Waals surface area contributed by atoms with Crippen LogP contribution in [0.3, 0.4) is 0 Å². The summed E-state index contributed by atoms with van der Waals surface area (Å²) in [7, 11) is 0. The molecule has 72 valence electrons. The lowest BCUT2D eigenvalue weighted by Gasteiger charge is -2.00. The maximum atomic E-state index is 11.5. The molecule has 0 fully saturated rings. The van der Waals surface area contributed by atoms with Gasteiger partial charge in [-0.2, -0.15) is 10.2 Å². The molecular formula is C8H9N5O. The minimum Gasteiger partial charge on any atom is -0.305 e. The lowest BCUT2D eigenvalue weighted by Crippen LogP contribution is -2.13. The second-order valence-corrected chi connectivity index (χ2v) is 2.85. The molecule has 0 atom stereocenters. The number of aryl methyl sites for hydroxylation is 1. The summed E-state index contributed by atoms with van der Waals surface area (Å²) in [5.74, 6) is 0.361. The van der Waals surface area contributed by atoms with Crippen LogP contribution < -0.4 is 5.32 Å². The number of carbonyl (C=O) groups excluding carboxylic acids is 1. The molecule has 2 rings (SSSR count). The normalized spacial score (nSPS) is 10.1. The third-order valence-corrected chi connectivity index (χ3v) is 1.81. The van der Waals surface area contributed by atoms with Gasteiger partial charge in [0.05, 0.1) is 6.20 Å². The van der Waals surface area contributed by atoms with E-state index < -0.39 is 0 Å². The predicted octanol–water partition coefficient (Wildman–Crippen LogP) is 0.694. The van der Waals surface area contributed by atoms with Gasteiger partial charge in [-0.25, -0.2) is 0 Å². The summed E-state index contributed by atoms with van der Waals surface area (Å²) in [6.45, 7) is 1.85. The Kier molecular flexibility index (Phi) is 2.02. The lowest BCUT2D eigenvalue weighted by atomic mass is 10.3. The summed E-state index contributed by atoms with van der Waals surface area (Å²) in [5.41, 5.74) is 1.30. The lowest BCUT2D eigenvalue weighted by molar-refractivity contribution is 0.102. The van der Waals surface area contributed by atoms with E-state index >= 15 is 0 Å². The summed E-state index contributed by atoms with van der Waals surface area (Å²) in [6, 6.07) is 1.60. The van der Waals surface area contributed by atoms with Crippen LogP contribution in [0.4, 0.5) is 5.82 Å². The zero-order valence-electron chi connectivity index (χ0n) is 7.53. The molecule has 2 aromatic heterocycles. The van der Waals surface area contributed by atoms with Gasteiger partial charge in [0, 0.05) is 11.8 Å². The Labute approximate surface area is 79.7 Å². The molecule has 0 spiro atoms. The Morgan fingerprint density at radius 2 is 2.29 bits per heavy atom. The topological polar surface area (TPSA) is 86.5 Å². The Balaban J connectivity index is 2.13. The van der Waals surface area contributed by atoms with Gasteiger partial charge < -0.3 is 5.32 Å². The molecule has 0 aliphatic heterocycles. The van der Waals surface area contributed by atoms with Crippen molar-refractivity contribution in [3.63, 3.8) is 0 Å². The van der Waals surface area contributed by atoms with E-state index in [1.807, 2.05) is 6.92 Å². The quantitative estimate of drug-likeness (QED) is 0.652. The Bertz CT molecular complexity index is 430. The van der Waals surface area contributed by atoms with Crippen molar-refractivity contribution >= 4 is 11.7 Å². The van der Waals surface area contributed by atoms with Gasteiger partial charge in [-0.05, 0) is 13.0 Å².